The molecule has 0 saturated carbocycles. The van der Waals surface area contributed by atoms with E-state index < -0.39 is 9.85 Å². The first kappa shape index (κ1) is 10.5. The fraction of sp³-hybridized carbons (Fsp3) is 0.143. The summed E-state index contributed by atoms with van der Waals surface area (Å²) >= 11 is 1.22. The molecule has 0 amide bonds. The lowest BCUT2D eigenvalue weighted by atomic mass is 10.3. The molecule has 0 aliphatic carbocycles. The van der Waals surface area contributed by atoms with Crippen LogP contribution in [0.2, 0.25) is 0 Å². The summed E-state index contributed by atoms with van der Waals surface area (Å²) in [4.78, 5) is 20.0. The van der Waals surface area contributed by atoms with Gasteiger partial charge in [0.25, 0.3) is 11.4 Å². The highest BCUT2D eigenvalue weighted by Crippen LogP contribution is 2.27. The molecule has 0 aliphatic rings. The summed E-state index contributed by atoms with van der Waals surface area (Å²) < 4.78 is 0. The molecule has 0 aliphatic heterocycles. The molecule has 0 aromatic heterocycles. The maximum absolute atomic E-state index is 10.4. The van der Waals surface area contributed by atoms with Crippen LogP contribution in [0.4, 0.5) is 11.4 Å². The summed E-state index contributed by atoms with van der Waals surface area (Å²) in [5.41, 5.74) is -0.521. The summed E-state index contributed by atoms with van der Waals surface area (Å²) in [5, 5.41) is 20.8. The van der Waals surface area contributed by atoms with E-state index in [1.54, 1.807) is 6.26 Å². The molecule has 7 heteroatoms. The van der Waals surface area contributed by atoms with Gasteiger partial charge in [-0.1, -0.05) is 0 Å². The molecule has 0 unspecified atom stereocenters. The van der Waals surface area contributed by atoms with Crippen LogP contribution in [0, 0.1) is 20.2 Å². The highest BCUT2D eigenvalue weighted by molar-refractivity contribution is 7.98. The van der Waals surface area contributed by atoms with Gasteiger partial charge < -0.3 is 0 Å². The van der Waals surface area contributed by atoms with Crippen LogP contribution < -0.4 is 0 Å². The standard InChI is InChI=1S/C7H6N2O4S/c1-14-7-3-5(8(10)11)2-6(4-7)9(12)13/h2-4H,1H3. The molecule has 1 aromatic rings. The molecule has 0 N–H and O–H groups in total. The van der Waals surface area contributed by atoms with Crippen molar-refractivity contribution >= 4 is 23.1 Å². The first-order chi connectivity index (χ1) is 6.54. The van der Waals surface area contributed by atoms with Crippen LogP contribution in [0.15, 0.2) is 23.1 Å². The van der Waals surface area contributed by atoms with Crippen LogP contribution in [-0.2, 0) is 0 Å². The molecule has 0 bridgehead atoms. The van der Waals surface area contributed by atoms with E-state index in [0.29, 0.717) is 4.90 Å². The highest BCUT2D eigenvalue weighted by Gasteiger charge is 2.15. The Kier molecular flexibility index (Phi) is 3.03. The Morgan fingerprint density at radius 2 is 1.50 bits per heavy atom. The number of rotatable bonds is 3. The SMILES string of the molecule is CSc1cc([N+](=O)[O-])cc([N+](=O)[O-])c1. The van der Waals surface area contributed by atoms with Gasteiger partial charge in [-0.05, 0) is 6.26 Å². The second-order valence-corrected chi connectivity index (χ2v) is 3.28. The fourth-order valence-electron chi connectivity index (χ4n) is 0.897. The van der Waals surface area contributed by atoms with Gasteiger partial charge in [-0.25, -0.2) is 0 Å². The highest BCUT2D eigenvalue weighted by atomic mass is 32.2. The molecule has 1 rings (SSSR count). The molecule has 0 heterocycles. The minimum absolute atomic E-state index is 0.261. The second kappa shape index (κ2) is 4.05. The van der Waals surface area contributed by atoms with Crippen molar-refractivity contribution in [3.63, 3.8) is 0 Å². The Balaban J connectivity index is 3.27. The summed E-state index contributed by atoms with van der Waals surface area (Å²) in [5.74, 6) is 0. The van der Waals surface area contributed by atoms with Gasteiger partial charge in [-0.3, -0.25) is 20.2 Å². The number of nitro benzene ring substituents is 2. The third-order valence-electron chi connectivity index (χ3n) is 1.53. The predicted octanol–water partition coefficient (Wildman–Crippen LogP) is 2.22. The topological polar surface area (TPSA) is 86.3 Å². The number of nitrogens with zero attached hydrogens (tertiary/aromatic N) is 2. The third kappa shape index (κ3) is 2.19. The Morgan fingerprint density at radius 1 is 1.07 bits per heavy atom. The van der Waals surface area contributed by atoms with E-state index in [1.165, 1.54) is 23.9 Å². The van der Waals surface area contributed by atoms with Crippen molar-refractivity contribution in [2.24, 2.45) is 0 Å². The Labute approximate surface area is 83.2 Å². The molecule has 14 heavy (non-hydrogen) atoms. The lowest BCUT2D eigenvalue weighted by molar-refractivity contribution is -0.394. The van der Waals surface area contributed by atoms with Gasteiger partial charge in [0, 0.05) is 17.0 Å². The van der Waals surface area contributed by atoms with E-state index in [0.717, 1.165) is 6.07 Å². The zero-order valence-electron chi connectivity index (χ0n) is 7.17. The Hall–Kier alpha value is -1.63. The molecule has 0 radical (unpaired) electrons. The van der Waals surface area contributed by atoms with Gasteiger partial charge >= 0.3 is 0 Å². The van der Waals surface area contributed by atoms with Crippen LogP contribution in [0.3, 0.4) is 0 Å². The van der Waals surface area contributed by atoms with Crippen LogP contribution >= 0.6 is 11.8 Å². The van der Waals surface area contributed by atoms with Crippen molar-refractivity contribution in [3.05, 3.63) is 38.4 Å². The molecule has 1 aromatic carbocycles. The van der Waals surface area contributed by atoms with Gasteiger partial charge in [0.1, 0.15) is 0 Å². The normalized spacial score (nSPS) is 9.79. The first-order valence-electron chi connectivity index (χ1n) is 3.52. The molecule has 74 valence electrons. The molecule has 0 fully saturated rings. The van der Waals surface area contributed by atoms with Crippen molar-refractivity contribution < 1.29 is 9.85 Å². The zero-order chi connectivity index (χ0) is 10.7. The Morgan fingerprint density at radius 3 is 1.79 bits per heavy atom. The van der Waals surface area contributed by atoms with Crippen molar-refractivity contribution in [1.29, 1.82) is 0 Å². The van der Waals surface area contributed by atoms with Crippen molar-refractivity contribution in [3.8, 4) is 0 Å². The maximum atomic E-state index is 10.4. The van der Waals surface area contributed by atoms with Crippen LogP contribution in [-0.4, -0.2) is 16.1 Å². The molecule has 6 nitrogen and oxygen atoms in total. The minimum Gasteiger partial charge on any atom is -0.258 e. The number of hydrogen-bond donors (Lipinski definition) is 0. The van der Waals surface area contributed by atoms with E-state index >= 15 is 0 Å². The van der Waals surface area contributed by atoms with E-state index in [4.69, 9.17) is 0 Å². The Bertz CT molecular complexity index is 361. The summed E-state index contributed by atoms with van der Waals surface area (Å²) in [6.07, 6.45) is 1.70. The summed E-state index contributed by atoms with van der Waals surface area (Å²) in [6.45, 7) is 0. The van der Waals surface area contributed by atoms with Crippen LogP contribution in [0.25, 0.3) is 0 Å². The monoisotopic (exact) mass is 214 g/mol. The summed E-state index contributed by atoms with van der Waals surface area (Å²) in [6, 6.07) is 3.55. The van der Waals surface area contributed by atoms with Crippen LogP contribution in [0.5, 0.6) is 0 Å². The van der Waals surface area contributed by atoms with Gasteiger partial charge in [-0.2, -0.15) is 0 Å². The summed E-state index contributed by atoms with van der Waals surface area (Å²) in [7, 11) is 0. The lowest BCUT2D eigenvalue weighted by Gasteiger charge is -1.97. The second-order valence-electron chi connectivity index (χ2n) is 2.40. The first-order valence-corrected chi connectivity index (χ1v) is 4.75. The van der Waals surface area contributed by atoms with Gasteiger partial charge in [0.2, 0.25) is 0 Å². The van der Waals surface area contributed by atoms with Gasteiger partial charge in [0.05, 0.1) is 15.9 Å². The smallest absolute Gasteiger partial charge is 0.258 e. The van der Waals surface area contributed by atoms with Crippen molar-refractivity contribution in [2.75, 3.05) is 6.26 Å². The average Bonchev–Trinajstić information content (AvgIpc) is 2.16. The number of non-ortho nitro benzene ring substituents is 2. The predicted molar refractivity (Wildman–Crippen MR) is 51.5 cm³/mol. The van der Waals surface area contributed by atoms with Crippen LogP contribution in [0.1, 0.15) is 0 Å². The quantitative estimate of drug-likeness (QED) is 0.437. The average molecular weight is 214 g/mol. The molecule has 0 spiro atoms. The molecular formula is C7H6N2O4S. The lowest BCUT2D eigenvalue weighted by Crippen LogP contribution is -1.92. The van der Waals surface area contributed by atoms with Crippen molar-refractivity contribution in [2.45, 2.75) is 4.90 Å². The fourth-order valence-corrected chi connectivity index (χ4v) is 1.37. The largest absolute Gasteiger partial charge is 0.277 e. The maximum Gasteiger partial charge on any atom is 0.277 e. The van der Waals surface area contributed by atoms with E-state index in [1.807, 2.05) is 0 Å². The molecule has 0 atom stereocenters. The minimum atomic E-state index is -0.646. The molecular weight excluding hydrogens is 208 g/mol. The number of benzene rings is 1. The van der Waals surface area contributed by atoms with Gasteiger partial charge in [0.15, 0.2) is 0 Å². The van der Waals surface area contributed by atoms with E-state index in [-0.39, 0.29) is 11.4 Å². The van der Waals surface area contributed by atoms with E-state index in [2.05, 4.69) is 0 Å². The third-order valence-corrected chi connectivity index (χ3v) is 2.24. The number of thioether (sulfide) groups is 1. The van der Waals surface area contributed by atoms with Crippen molar-refractivity contribution in [1.82, 2.24) is 0 Å². The van der Waals surface area contributed by atoms with Gasteiger partial charge in [-0.15, -0.1) is 11.8 Å². The van der Waals surface area contributed by atoms with E-state index in [9.17, 15) is 20.2 Å². The molecule has 0 saturated heterocycles. The number of hydrogen-bond acceptors (Lipinski definition) is 5. The number of nitro groups is 2. The zero-order valence-corrected chi connectivity index (χ0v) is 7.98.